The largest absolute Gasteiger partial charge is 0.378 e. The van der Waals surface area contributed by atoms with Gasteiger partial charge in [-0.1, -0.05) is 27.5 Å². The third-order valence-corrected chi connectivity index (χ3v) is 3.77. The van der Waals surface area contributed by atoms with Crippen LogP contribution in [0, 0.1) is 0 Å². The average Bonchev–Trinajstić information content (AvgIpc) is 2.85. The molecular formula is C13H15BrClNO2. The first-order valence-electron chi connectivity index (χ1n) is 6.01. The van der Waals surface area contributed by atoms with Crippen LogP contribution in [-0.4, -0.2) is 25.2 Å². The molecule has 5 heteroatoms. The van der Waals surface area contributed by atoms with Crippen LogP contribution >= 0.6 is 27.5 Å². The molecule has 0 saturated carbocycles. The van der Waals surface area contributed by atoms with E-state index in [1.165, 1.54) is 0 Å². The van der Waals surface area contributed by atoms with Crippen LogP contribution in [-0.2, 0) is 4.74 Å². The van der Waals surface area contributed by atoms with Crippen molar-refractivity contribution in [2.45, 2.75) is 25.4 Å². The highest BCUT2D eigenvalue weighted by molar-refractivity contribution is 9.10. The zero-order chi connectivity index (χ0) is 13.0. The Balaban J connectivity index is 1.85. The quantitative estimate of drug-likeness (QED) is 0.917. The fourth-order valence-corrected chi connectivity index (χ4v) is 2.55. The molecule has 1 unspecified atom stereocenters. The number of rotatable bonds is 4. The van der Waals surface area contributed by atoms with Gasteiger partial charge in [0.1, 0.15) is 0 Å². The summed E-state index contributed by atoms with van der Waals surface area (Å²) in [5.74, 6) is -0.140. The molecule has 1 N–H and O–H groups in total. The van der Waals surface area contributed by atoms with Crippen LogP contribution in [0.2, 0.25) is 5.02 Å². The summed E-state index contributed by atoms with van der Waals surface area (Å²) >= 11 is 9.32. The summed E-state index contributed by atoms with van der Waals surface area (Å²) in [7, 11) is 0. The van der Waals surface area contributed by atoms with Gasteiger partial charge in [-0.05, 0) is 37.5 Å². The lowest BCUT2D eigenvalue weighted by molar-refractivity contribution is 0.0907. The molecule has 0 aliphatic carbocycles. The van der Waals surface area contributed by atoms with Crippen LogP contribution in [0.1, 0.15) is 29.6 Å². The number of carbonyl (C=O) groups excluding carboxylic acids is 1. The van der Waals surface area contributed by atoms with E-state index in [0.29, 0.717) is 23.2 Å². The number of ether oxygens (including phenoxy) is 1. The van der Waals surface area contributed by atoms with Gasteiger partial charge in [0.25, 0.3) is 5.91 Å². The molecule has 1 amide bonds. The summed E-state index contributed by atoms with van der Waals surface area (Å²) in [5, 5.41) is 3.34. The molecule has 0 radical (unpaired) electrons. The summed E-state index contributed by atoms with van der Waals surface area (Å²) in [6, 6.07) is 5.25. The second-order valence-electron chi connectivity index (χ2n) is 4.30. The van der Waals surface area contributed by atoms with Gasteiger partial charge in [-0.25, -0.2) is 0 Å². The molecule has 1 fully saturated rings. The maximum atomic E-state index is 11.9. The smallest absolute Gasteiger partial charge is 0.252 e. The van der Waals surface area contributed by atoms with E-state index in [4.69, 9.17) is 16.3 Å². The summed E-state index contributed by atoms with van der Waals surface area (Å²) in [4.78, 5) is 11.9. The first kappa shape index (κ1) is 13.8. The zero-order valence-corrected chi connectivity index (χ0v) is 12.3. The van der Waals surface area contributed by atoms with Gasteiger partial charge >= 0.3 is 0 Å². The van der Waals surface area contributed by atoms with Crippen molar-refractivity contribution in [2.75, 3.05) is 13.2 Å². The second kappa shape index (κ2) is 6.55. The Morgan fingerprint density at radius 1 is 1.56 bits per heavy atom. The van der Waals surface area contributed by atoms with Crippen molar-refractivity contribution in [1.29, 1.82) is 0 Å². The monoisotopic (exact) mass is 331 g/mol. The molecule has 1 aliphatic rings. The number of halogens is 2. The lowest BCUT2D eigenvalue weighted by Crippen LogP contribution is -2.27. The highest BCUT2D eigenvalue weighted by atomic mass is 79.9. The minimum absolute atomic E-state index is 0.140. The van der Waals surface area contributed by atoms with Crippen LogP contribution in [0.4, 0.5) is 0 Å². The van der Waals surface area contributed by atoms with Crippen LogP contribution in [0.3, 0.4) is 0 Å². The van der Waals surface area contributed by atoms with E-state index < -0.39 is 0 Å². The topological polar surface area (TPSA) is 38.3 Å². The molecule has 2 rings (SSSR count). The molecule has 1 heterocycles. The van der Waals surface area contributed by atoms with E-state index in [9.17, 15) is 4.79 Å². The Morgan fingerprint density at radius 3 is 3.11 bits per heavy atom. The third-order valence-electron chi connectivity index (χ3n) is 2.95. The van der Waals surface area contributed by atoms with E-state index in [-0.39, 0.29) is 5.91 Å². The molecule has 18 heavy (non-hydrogen) atoms. The minimum atomic E-state index is -0.140. The van der Waals surface area contributed by atoms with Gasteiger partial charge in [-0.3, -0.25) is 4.79 Å². The van der Waals surface area contributed by atoms with Gasteiger partial charge in [-0.15, -0.1) is 0 Å². The Hall–Kier alpha value is -0.580. The van der Waals surface area contributed by atoms with Crippen molar-refractivity contribution in [2.24, 2.45) is 0 Å². The molecule has 3 nitrogen and oxygen atoms in total. The van der Waals surface area contributed by atoms with Crippen molar-refractivity contribution >= 4 is 33.4 Å². The van der Waals surface area contributed by atoms with E-state index in [1.54, 1.807) is 12.1 Å². The van der Waals surface area contributed by atoms with Crippen LogP contribution in [0.25, 0.3) is 0 Å². The molecule has 1 aliphatic heterocycles. The zero-order valence-electron chi connectivity index (χ0n) is 9.92. The first-order valence-corrected chi connectivity index (χ1v) is 7.19. The lowest BCUT2D eigenvalue weighted by Gasteiger charge is -2.10. The van der Waals surface area contributed by atoms with E-state index >= 15 is 0 Å². The predicted octanol–water partition coefficient (Wildman–Crippen LogP) is 3.40. The van der Waals surface area contributed by atoms with Crippen molar-refractivity contribution < 1.29 is 9.53 Å². The van der Waals surface area contributed by atoms with Gasteiger partial charge in [0.2, 0.25) is 0 Å². The number of amides is 1. The number of carbonyl (C=O) groups is 1. The Kier molecular flexibility index (Phi) is 5.03. The fourth-order valence-electron chi connectivity index (χ4n) is 1.99. The molecule has 1 aromatic rings. The summed E-state index contributed by atoms with van der Waals surface area (Å²) in [6.45, 7) is 1.46. The van der Waals surface area contributed by atoms with Crippen molar-refractivity contribution in [3.05, 3.63) is 33.3 Å². The normalized spacial score (nSPS) is 18.9. The molecule has 98 valence electrons. The van der Waals surface area contributed by atoms with E-state index in [0.717, 1.165) is 30.3 Å². The Labute approximate surface area is 120 Å². The Bertz CT molecular complexity index is 433. The summed E-state index contributed by atoms with van der Waals surface area (Å²) in [6.07, 6.45) is 3.37. The molecule has 0 aromatic heterocycles. The number of hydrogen-bond donors (Lipinski definition) is 1. The van der Waals surface area contributed by atoms with Crippen molar-refractivity contribution in [1.82, 2.24) is 5.32 Å². The maximum absolute atomic E-state index is 11.9. The third kappa shape index (κ3) is 3.70. The molecule has 1 aromatic carbocycles. The molecule has 0 bridgehead atoms. The molecule has 1 atom stereocenters. The second-order valence-corrected chi connectivity index (χ2v) is 5.63. The van der Waals surface area contributed by atoms with Gasteiger partial charge in [0, 0.05) is 17.6 Å². The highest BCUT2D eigenvalue weighted by Crippen LogP contribution is 2.21. The van der Waals surface area contributed by atoms with Crippen LogP contribution in [0.5, 0.6) is 0 Å². The first-order chi connectivity index (χ1) is 8.66. The van der Waals surface area contributed by atoms with E-state index in [1.807, 2.05) is 6.07 Å². The lowest BCUT2D eigenvalue weighted by atomic mass is 10.1. The van der Waals surface area contributed by atoms with Crippen LogP contribution in [0.15, 0.2) is 22.7 Å². The summed E-state index contributed by atoms with van der Waals surface area (Å²) < 4.78 is 6.34. The van der Waals surface area contributed by atoms with Crippen molar-refractivity contribution in [3.63, 3.8) is 0 Å². The van der Waals surface area contributed by atoms with Gasteiger partial charge < -0.3 is 10.1 Å². The number of benzene rings is 1. The van der Waals surface area contributed by atoms with E-state index in [2.05, 4.69) is 21.2 Å². The van der Waals surface area contributed by atoms with Crippen molar-refractivity contribution in [3.8, 4) is 0 Å². The highest BCUT2D eigenvalue weighted by Gasteiger charge is 2.16. The summed E-state index contributed by atoms with van der Waals surface area (Å²) in [5.41, 5.74) is 0.499. The van der Waals surface area contributed by atoms with Gasteiger partial charge in [0.05, 0.1) is 16.7 Å². The Morgan fingerprint density at radius 2 is 2.39 bits per heavy atom. The standard InChI is InChI=1S/C13H15BrClNO2/c14-9-3-4-12(15)11(8-9)13(17)16-6-5-10-2-1-7-18-10/h3-4,8,10H,1-2,5-7H2,(H,16,17). The average molecular weight is 333 g/mol. The minimum Gasteiger partial charge on any atom is -0.378 e. The van der Waals surface area contributed by atoms with Crippen LogP contribution < -0.4 is 5.32 Å². The maximum Gasteiger partial charge on any atom is 0.252 e. The molecule has 1 saturated heterocycles. The molecular weight excluding hydrogens is 318 g/mol. The fraction of sp³-hybridized carbons (Fsp3) is 0.462. The van der Waals surface area contributed by atoms with Gasteiger partial charge in [-0.2, -0.15) is 0 Å². The molecule has 0 spiro atoms. The SMILES string of the molecule is O=C(NCCC1CCCO1)c1cc(Br)ccc1Cl. The number of nitrogens with one attached hydrogen (secondary N) is 1. The van der Waals surface area contributed by atoms with Gasteiger partial charge in [0.15, 0.2) is 0 Å². The predicted molar refractivity (Wildman–Crippen MR) is 75.1 cm³/mol. The number of hydrogen-bond acceptors (Lipinski definition) is 2.